The molecule has 43 heavy (non-hydrogen) atoms. The highest BCUT2D eigenvalue weighted by Gasteiger charge is 2.34. The highest BCUT2D eigenvalue weighted by Crippen LogP contribution is 2.32. The summed E-state index contributed by atoms with van der Waals surface area (Å²) in [7, 11) is 0. The highest BCUT2D eigenvalue weighted by molar-refractivity contribution is 5.78. The number of nitrogens with zero attached hydrogens (tertiary/aromatic N) is 6. The van der Waals surface area contributed by atoms with Crippen molar-refractivity contribution in [3.63, 3.8) is 0 Å². The molecule has 1 aliphatic rings. The maximum Gasteiger partial charge on any atom is 0.231 e. The summed E-state index contributed by atoms with van der Waals surface area (Å²) in [6.45, 7) is 0.753. The van der Waals surface area contributed by atoms with Gasteiger partial charge < -0.3 is 19.9 Å². The summed E-state index contributed by atoms with van der Waals surface area (Å²) in [5.74, 6) is 0.0461. The number of halogens is 2. The lowest BCUT2D eigenvalue weighted by Crippen LogP contribution is -2.37. The molecule has 1 amide bonds. The molecule has 222 valence electrons. The monoisotopic (exact) mass is 589 g/mol. The number of benzene rings is 3. The van der Waals surface area contributed by atoms with E-state index in [0.717, 1.165) is 41.2 Å². The van der Waals surface area contributed by atoms with Crippen LogP contribution in [0.1, 0.15) is 16.7 Å². The molecule has 0 fully saturated rings. The summed E-state index contributed by atoms with van der Waals surface area (Å²) in [5, 5.41) is 21.7. The SMILES string of the molecule is O=C(Cc1ccccc1)NCCc1ccc2c(c1)OCO2.OC(Cn1cncn1)(Cn1cncn1)c1ccc(F)cc1F. The molecule has 13 heteroatoms. The molecule has 0 spiro atoms. The van der Waals surface area contributed by atoms with E-state index in [9.17, 15) is 18.7 Å². The van der Waals surface area contributed by atoms with Gasteiger partial charge in [-0.1, -0.05) is 42.5 Å². The molecule has 5 aromatic rings. The van der Waals surface area contributed by atoms with Crippen LogP contribution in [0.3, 0.4) is 0 Å². The van der Waals surface area contributed by atoms with Gasteiger partial charge in [0.2, 0.25) is 12.7 Å². The molecule has 1 aliphatic heterocycles. The maximum absolute atomic E-state index is 14.1. The third-order valence-corrected chi connectivity index (χ3v) is 6.59. The van der Waals surface area contributed by atoms with Gasteiger partial charge in [-0.25, -0.2) is 28.1 Å². The first-order chi connectivity index (χ1) is 20.9. The number of carbonyl (C=O) groups excluding carboxylic acids is 1. The summed E-state index contributed by atoms with van der Waals surface area (Å²) in [5.41, 5.74) is 0.399. The van der Waals surface area contributed by atoms with Crippen LogP contribution in [0.2, 0.25) is 0 Å². The van der Waals surface area contributed by atoms with Gasteiger partial charge >= 0.3 is 0 Å². The van der Waals surface area contributed by atoms with Crippen molar-refractivity contribution in [1.82, 2.24) is 34.8 Å². The van der Waals surface area contributed by atoms with Crippen LogP contribution in [0.25, 0.3) is 0 Å². The Morgan fingerprint density at radius 2 is 1.58 bits per heavy atom. The summed E-state index contributed by atoms with van der Waals surface area (Å²) in [6, 6.07) is 18.6. The molecular formula is C30H29F2N7O4. The molecule has 6 rings (SSSR count). The quantitative estimate of drug-likeness (QED) is 0.254. The molecule has 0 saturated carbocycles. The standard InChI is InChI=1S/C17H17NO3.C13H12F2N6O/c19-17(11-13-4-2-1-3-5-13)18-9-8-14-6-7-15-16(10-14)21-12-20-15;14-10-1-2-11(12(15)3-10)13(22,4-20-8-16-6-18-20)5-21-9-17-7-19-21/h1-7,10H,8-9,11-12H2,(H,18,19);1-3,6-9,22H,4-5H2. The van der Waals surface area contributed by atoms with Crippen LogP contribution in [0.5, 0.6) is 11.5 Å². The fourth-order valence-corrected chi connectivity index (χ4v) is 4.54. The second-order valence-electron chi connectivity index (χ2n) is 9.79. The molecule has 0 saturated heterocycles. The Morgan fingerprint density at radius 3 is 2.23 bits per heavy atom. The summed E-state index contributed by atoms with van der Waals surface area (Å²) in [6.07, 6.45) is 6.59. The number of aromatic nitrogens is 6. The fraction of sp³-hybridized carbons (Fsp3) is 0.233. The molecule has 0 radical (unpaired) electrons. The van der Waals surface area contributed by atoms with Gasteiger partial charge in [0, 0.05) is 18.2 Å². The molecular weight excluding hydrogens is 560 g/mol. The number of rotatable bonds is 10. The first kappa shape index (κ1) is 29.3. The normalized spacial score (nSPS) is 12.0. The number of ether oxygens (including phenoxy) is 2. The zero-order valence-corrected chi connectivity index (χ0v) is 23.0. The van der Waals surface area contributed by atoms with Crippen LogP contribution in [-0.2, 0) is 36.3 Å². The van der Waals surface area contributed by atoms with E-state index in [1.54, 1.807) is 0 Å². The van der Waals surface area contributed by atoms with Gasteiger partial charge in [0.1, 0.15) is 42.5 Å². The number of fused-ring (bicyclic) bond motifs is 1. The van der Waals surface area contributed by atoms with Gasteiger partial charge in [0.05, 0.1) is 19.5 Å². The fourth-order valence-electron chi connectivity index (χ4n) is 4.54. The predicted molar refractivity (Wildman–Crippen MR) is 150 cm³/mol. The van der Waals surface area contributed by atoms with Gasteiger partial charge in [-0.15, -0.1) is 0 Å². The summed E-state index contributed by atoms with van der Waals surface area (Å²) in [4.78, 5) is 19.4. The number of aliphatic hydroxyl groups is 1. The maximum atomic E-state index is 14.1. The van der Waals surface area contributed by atoms with Gasteiger partial charge in [0.25, 0.3) is 0 Å². The molecule has 11 nitrogen and oxygen atoms in total. The number of carbonyl (C=O) groups is 1. The average Bonchev–Trinajstić information content (AvgIpc) is 3.78. The van der Waals surface area contributed by atoms with Crippen molar-refractivity contribution in [3.05, 3.63) is 120 Å². The molecule has 3 aromatic carbocycles. The second-order valence-corrected chi connectivity index (χ2v) is 9.79. The summed E-state index contributed by atoms with van der Waals surface area (Å²) < 4.78 is 40.6. The van der Waals surface area contributed by atoms with Crippen molar-refractivity contribution in [3.8, 4) is 11.5 Å². The van der Waals surface area contributed by atoms with Crippen molar-refractivity contribution in [2.24, 2.45) is 0 Å². The minimum absolute atomic E-state index is 0.0435. The second kappa shape index (κ2) is 13.7. The molecule has 3 heterocycles. The van der Waals surface area contributed by atoms with Gasteiger partial charge in [0.15, 0.2) is 11.5 Å². The van der Waals surface area contributed by atoms with Crippen LogP contribution in [0, 0.1) is 11.6 Å². The van der Waals surface area contributed by atoms with Crippen molar-refractivity contribution in [1.29, 1.82) is 0 Å². The highest BCUT2D eigenvalue weighted by atomic mass is 19.1. The van der Waals surface area contributed by atoms with Gasteiger partial charge in [-0.3, -0.25) is 4.79 Å². The van der Waals surface area contributed by atoms with E-state index >= 15 is 0 Å². The van der Waals surface area contributed by atoms with Crippen LogP contribution >= 0.6 is 0 Å². The van der Waals surface area contributed by atoms with E-state index in [1.807, 2.05) is 48.5 Å². The van der Waals surface area contributed by atoms with Crippen LogP contribution in [0.15, 0.2) is 92.0 Å². The van der Waals surface area contributed by atoms with Crippen LogP contribution in [-0.4, -0.2) is 53.9 Å². The number of hydrogen-bond donors (Lipinski definition) is 2. The Morgan fingerprint density at radius 1 is 0.884 bits per heavy atom. The van der Waals surface area contributed by atoms with Crippen molar-refractivity contribution in [2.75, 3.05) is 13.3 Å². The third-order valence-electron chi connectivity index (χ3n) is 6.59. The first-order valence-corrected chi connectivity index (χ1v) is 13.4. The van der Waals surface area contributed by atoms with E-state index in [-0.39, 0.29) is 31.4 Å². The zero-order chi connectivity index (χ0) is 30.1. The van der Waals surface area contributed by atoms with E-state index < -0.39 is 17.2 Å². The lowest BCUT2D eigenvalue weighted by Gasteiger charge is -2.28. The van der Waals surface area contributed by atoms with Crippen molar-refractivity contribution < 1.29 is 28.2 Å². The zero-order valence-electron chi connectivity index (χ0n) is 23.0. The minimum Gasteiger partial charge on any atom is -0.454 e. The van der Waals surface area contributed by atoms with E-state index in [1.165, 1.54) is 40.7 Å². The molecule has 0 atom stereocenters. The van der Waals surface area contributed by atoms with Crippen LogP contribution < -0.4 is 14.8 Å². The van der Waals surface area contributed by atoms with Crippen LogP contribution in [0.4, 0.5) is 8.78 Å². The Kier molecular flexibility index (Phi) is 9.32. The molecule has 2 aromatic heterocycles. The lowest BCUT2D eigenvalue weighted by molar-refractivity contribution is -0.120. The van der Waals surface area contributed by atoms with E-state index in [2.05, 4.69) is 25.5 Å². The Bertz CT molecular complexity index is 1580. The Balaban J connectivity index is 0.000000171. The molecule has 0 unspecified atom stereocenters. The van der Waals surface area contributed by atoms with Gasteiger partial charge in [-0.2, -0.15) is 10.2 Å². The molecule has 0 bridgehead atoms. The third kappa shape index (κ3) is 7.98. The smallest absolute Gasteiger partial charge is 0.231 e. The van der Waals surface area contributed by atoms with Crippen molar-refractivity contribution in [2.45, 2.75) is 31.5 Å². The van der Waals surface area contributed by atoms with Crippen molar-refractivity contribution >= 4 is 5.91 Å². The largest absolute Gasteiger partial charge is 0.454 e. The molecule has 2 N–H and O–H groups in total. The first-order valence-electron chi connectivity index (χ1n) is 13.4. The Hall–Kier alpha value is -5.17. The van der Waals surface area contributed by atoms with Gasteiger partial charge in [-0.05, 0) is 35.7 Å². The van der Waals surface area contributed by atoms with E-state index in [4.69, 9.17) is 9.47 Å². The topological polar surface area (TPSA) is 129 Å². The predicted octanol–water partition coefficient (Wildman–Crippen LogP) is 3.05. The average molecular weight is 590 g/mol. The number of nitrogens with one attached hydrogen (secondary N) is 1. The summed E-state index contributed by atoms with van der Waals surface area (Å²) >= 11 is 0. The minimum atomic E-state index is -1.70. The molecule has 0 aliphatic carbocycles. The lowest BCUT2D eigenvalue weighted by atomic mass is 9.93. The van der Waals surface area contributed by atoms with E-state index in [0.29, 0.717) is 13.0 Å². The number of amides is 1. The Labute approximate surface area is 245 Å². The number of hydrogen-bond acceptors (Lipinski definition) is 8.